The molecule has 1 saturated heterocycles. The molecule has 154 valence electrons. The van der Waals surface area contributed by atoms with Crippen molar-refractivity contribution in [2.45, 2.75) is 24.9 Å². The summed E-state index contributed by atoms with van der Waals surface area (Å²) in [7, 11) is 3.26. The lowest BCUT2D eigenvalue weighted by atomic mass is 10.0. The van der Waals surface area contributed by atoms with Gasteiger partial charge in [-0.1, -0.05) is 36.4 Å². The molecule has 0 spiro atoms. The van der Waals surface area contributed by atoms with E-state index < -0.39 is 0 Å². The molecule has 0 atom stereocenters. The van der Waals surface area contributed by atoms with Crippen molar-refractivity contribution in [3.63, 3.8) is 0 Å². The molecule has 0 unspecified atom stereocenters. The number of hydrogen-bond donors (Lipinski definition) is 1. The van der Waals surface area contributed by atoms with Gasteiger partial charge in [0.15, 0.2) is 11.5 Å². The number of carbonyl (C=O) groups is 1. The molecular formula is C23H29N3O3. The molecule has 2 aromatic carbocycles. The van der Waals surface area contributed by atoms with Gasteiger partial charge in [0.25, 0.3) is 0 Å². The highest BCUT2D eigenvalue weighted by atomic mass is 16.5. The maximum atomic E-state index is 12.9. The van der Waals surface area contributed by atoms with E-state index in [9.17, 15) is 4.79 Å². The SMILES string of the molecule is COc1ccc(C2(NC(=O)N3CCN(Cc4ccccc4)CC3)CC2)cc1OC. The Bertz CT molecular complexity index is 844. The molecule has 1 aliphatic carbocycles. The molecular weight excluding hydrogens is 366 g/mol. The summed E-state index contributed by atoms with van der Waals surface area (Å²) in [5.74, 6) is 1.40. The van der Waals surface area contributed by atoms with E-state index in [4.69, 9.17) is 9.47 Å². The van der Waals surface area contributed by atoms with E-state index in [0.717, 1.165) is 51.1 Å². The minimum Gasteiger partial charge on any atom is -0.493 e. The van der Waals surface area contributed by atoms with E-state index in [-0.39, 0.29) is 11.6 Å². The van der Waals surface area contributed by atoms with Gasteiger partial charge in [0, 0.05) is 32.7 Å². The molecule has 6 nitrogen and oxygen atoms in total. The lowest BCUT2D eigenvalue weighted by Crippen LogP contribution is -2.53. The smallest absolute Gasteiger partial charge is 0.318 e. The van der Waals surface area contributed by atoms with E-state index in [1.807, 2.05) is 29.2 Å². The normalized spacial score (nSPS) is 18.2. The summed E-state index contributed by atoms with van der Waals surface area (Å²) >= 11 is 0. The number of hydrogen-bond acceptors (Lipinski definition) is 4. The van der Waals surface area contributed by atoms with Gasteiger partial charge in [0.1, 0.15) is 0 Å². The number of amides is 2. The average Bonchev–Trinajstić information content (AvgIpc) is 3.55. The zero-order chi connectivity index (χ0) is 20.3. The minimum atomic E-state index is -0.280. The summed E-state index contributed by atoms with van der Waals surface area (Å²) in [6.07, 6.45) is 1.89. The van der Waals surface area contributed by atoms with Crippen molar-refractivity contribution >= 4 is 6.03 Å². The van der Waals surface area contributed by atoms with Crippen LogP contribution in [0.5, 0.6) is 11.5 Å². The van der Waals surface area contributed by atoms with Gasteiger partial charge in [0.2, 0.25) is 0 Å². The summed E-state index contributed by atoms with van der Waals surface area (Å²) in [6, 6.07) is 16.4. The number of urea groups is 1. The standard InChI is InChI=1S/C23H29N3O3/c1-28-20-9-8-19(16-21(20)29-2)23(10-11-23)24-22(27)26-14-12-25(13-15-26)17-18-6-4-3-5-7-18/h3-9,16H,10-15,17H2,1-2H3,(H,24,27). The van der Waals surface area contributed by atoms with Gasteiger partial charge in [-0.15, -0.1) is 0 Å². The second kappa shape index (κ2) is 8.33. The molecule has 1 N–H and O–H groups in total. The third-order valence-corrected chi connectivity index (χ3v) is 5.94. The second-order valence-electron chi connectivity index (χ2n) is 7.83. The highest BCUT2D eigenvalue weighted by Crippen LogP contribution is 2.47. The molecule has 1 saturated carbocycles. The largest absolute Gasteiger partial charge is 0.493 e. The quantitative estimate of drug-likeness (QED) is 0.816. The molecule has 4 rings (SSSR count). The Kier molecular flexibility index (Phi) is 5.62. The van der Waals surface area contributed by atoms with E-state index in [1.165, 1.54) is 5.56 Å². The van der Waals surface area contributed by atoms with Gasteiger partial charge in [-0.25, -0.2) is 4.79 Å². The molecule has 2 aliphatic rings. The fraction of sp³-hybridized carbons (Fsp3) is 0.435. The lowest BCUT2D eigenvalue weighted by Gasteiger charge is -2.35. The van der Waals surface area contributed by atoms with E-state index in [0.29, 0.717) is 11.5 Å². The topological polar surface area (TPSA) is 54.0 Å². The first-order valence-electron chi connectivity index (χ1n) is 10.2. The number of nitrogens with zero attached hydrogens (tertiary/aromatic N) is 2. The third kappa shape index (κ3) is 4.32. The Hall–Kier alpha value is -2.73. The molecule has 0 radical (unpaired) electrons. The van der Waals surface area contributed by atoms with Crippen LogP contribution in [-0.2, 0) is 12.1 Å². The monoisotopic (exact) mass is 395 g/mol. The van der Waals surface area contributed by atoms with Crippen molar-refractivity contribution in [3.8, 4) is 11.5 Å². The Balaban J connectivity index is 1.34. The van der Waals surface area contributed by atoms with Crippen LogP contribution in [0.4, 0.5) is 4.79 Å². The maximum Gasteiger partial charge on any atom is 0.318 e. The van der Waals surface area contributed by atoms with Gasteiger partial charge in [-0.05, 0) is 36.1 Å². The highest BCUT2D eigenvalue weighted by molar-refractivity contribution is 5.76. The fourth-order valence-electron chi connectivity index (χ4n) is 3.98. The maximum absolute atomic E-state index is 12.9. The van der Waals surface area contributed by atoms with Crippen LogP contribution in [0, 0.1) is 0 Å². The first-order chi connectivity index (χ1) is 14.1. The van der Waals surface area contributed by atoms with Gasteiger partial charge in [-0.2, -0.15) is 0 Å². The van der Waals surface area contributed by atoms with Crippen molar-refractivity contribution in [3.05, 3.63) is 59.7 Å². The van der Waals surface area contributed by atoms with E-state index >= 15 is 0 Å². The van der Waals surface area contributed by atoms with E-state index in [2.05, 4.69) is 34.5 Å². The fourth-order valence-corrected chi connectivity index (χ4v) is 3.98. The van der Waals surface area contributed by atoms with Crippen LogP contribution in [0.3, 0.4) is 0 Å². The lowest BCUT2D eigenvalue weighted by molar-refractivity contribution is 0.132. The van der Waals surface area contributed by atoms with Crippen molar-refractivity contribution in [1.82, 2.24) is 15.1 Å². The molecule has 1 heterocycles. The molecule has 2 aromatic rings. The van der Waals surface area contributed by atoms with Crippen molar-refractivity contribution < 1.29 is 14.3 Å². The summed E-state index contributed by atoms with van der Waals surface area (Å²) in [4.78, 5) is 17.2. The van der Waals surface area contributed by atoms with Crippen molar-refractivity contribution in [2.24, 2.45) is 0 Å². The highest BCUT2D eigenvalue weighted by Gasteiger charge is 2.47. The summed E-state index contributed by atoms with van der Waals surface area (Å²) in [6.45, 7) is 4.23. The van der Waals surface area contributed by atoms with Gasteiger partial charge >= 0.3 is 6.03 Å². The van der Waals surface area contributed by atoms with Crippen molar-refractivity contribution in [2.75, 3.05) is 40.4 Å². The molecule has 6 heteroatoms. The zero-order valence-electron chi connectivity index (χ0n) is 17.2. The second-order valence-corrected chi connectivity index (χ2v) is 7.83. The van der Waals surface area contributed by atoms with Crippen LogP contribution in [0.2, 0.25) is 0 Å². The number of benzene rings is 2. The van der Waals surface area contributed by atoms with Crippen LogP contribution in [0.15, 0.2) is 48.5 Å². The van der Waals surface area contributed by atoms with Crippen molar-refractivity contribution in [1.29, 1.82) is 0 Å². The van der Waals surface area contributed by atoms with E-state index in [1.54, 1.807) is 14.2 Å². The third-order valence-electron chi connectivity index (χ3n) is 5.94. The molecule has 1 aliphatic heterocycles. The Morgan fingerprint density at radius 3 is 2.28 bits per heavy atom. The number of ether oxygens (including phenoxy) is 2. The number of piperazine rings is 1. The zero-order valence-corrected chi connectivity index (χ0v) is 17.2. The average molecular weight is 396 g/mol. The predicted molar refractivity (Wildman–Crippen MR) is 112 cm³/mol. The summed E-state index contributed by atoms with van der Waals surface area (Å²) < 4.78 is 10.8. The van der Waals surface area contributed by atoms with Gasteiger partial charge in [-0.3, -0.25) is 4.90 Å². The van der Waals surface area contributed by atoms with Crippen LogP contribution >= 0.6 is 0 Å². The first kappa shape index (κ1) is 19.6. The summed E-state index contributed by atoms with van der Waals surface area (Å²) in [5.41, 5.74) is 2.11. The van der Waals surface area contributed by atoms with Crippen LogP contribution in [0.1, 0.15) is 24.0 Å². The number of rotatable bonds is 6. The molecule has 29 heavy (non-hydrogen) atoms. The molecule has 2 fully saturated rings. The number of carbonyl (C=O) groups excluding carboxylic acids is 1. The van der Waals surface area contributed by atoms with Gasteiger partial charge in [0.05, 0.1) is 19.8 Å². The first-order valence-corrected chi connectivity index (χ1v) is 10.2. The van der Waals surface area contributed by atoms with Crippen LogP contribution in [0.25, 0.3) is 0 Å². The Morgan fingerprint density at radius 1 is 0.966 bits per heavy atom. The van der Waals surface area contributed by atoms with Crippen LogP contribution < -0.4 is 14.8 Å². The van der Waals surface area contributed by atoms with Gasteiger partial charge < -0.3 is 19.7 Å². The predicted octanol–water partition coefficient (Wildman–Crippen LogP) is 3.22. The van der Waals surface area contributed by atoms with Crippen LogP contribution in [-0.4, -0.2) is 56.2 Å². The Morgan fingerprint density at radius 2 is 1.66 bits per heavy atom. The molecule has 0 bridgehead atoms. The summed E-state index contributed by atoms with van der Waals surface area (Å²) in [5, 5.41) is 3.28. The molecule has 2 amide bonds. The number of methoxy groups -OCH3 is 2. The number of nitrogens with one attached hydrogen (secondary N) is 1. The Labute approximate surface area is 172 Å². The molecule has 0 aromatic heterocycles. The minimum absolute atomic E-state index is 0.0247.